The van der Waals surface area contributed by atoms with Crippen molar-refractivity contribution in [3.63, 3.8) is 0 Å². The lowest BCUT2D eigenvalue weighted by atomic mass is 9.89. The molecule has 7 heterocycles. The molecule has 5 aromatic heterocycles. The number of nitrogens with one attached hydrogen (secondary N) is 5. The van der Waals surface area contributed by atoms with E-state index in [4.69, 9.17) is 9.51 Å². The van der Waals surface area contributed by atoms with Crippen LogP contribution in [-0.2, 0) is 28.2 Å². The molecule has 7 aromatic rings. The summed E-state index contributed by atoms with van der Waals surface area (Å²) in [4.78, 5) is 58.0. The summed E-state index contributed by atoms with van der Waals surface area (Å²) in [5.74, 6) is 0.451. The van der Waals surface area contributed by atoms with Gasteiger partial charge >= 0.3 is 0 Å². The fraction of sp³-hybridized carbons (Fsp3) is 0.431. The van der Waals surface area contributed by atoms with E-state index in [0.29, 0.717) is 66.6 Å². The molecule has 3 fully saturated rings. The third-order valence-corrected chi connectivity index (χ3v) is 15.1. The molecule has 0 radical (unpaired) electrons. The number of halogens is 2. The third-order valence-electron chi connectivity index (χ3n) is 15.1. The summed E-state index contributed by atoms with van der Waals surface area (Å²) >= 11 is 0. The standard InChI is InChI=1S/C51H56F2N12O5/c1-2-51(69)18-13-30-5-11-41(59-46(30)51)65-47-38(49(68)64(65)24-17-40(52)53)27-57-50(61-47)58-34-8-6-32(7-9-34)54-20-21-55-33-15-22-63(23-16-33)28-29-3-4-31(25-29)37-26-39-43(35-14-19-56-44(35)37)45(62-70-39)36-10-12-42(66)60-48(36)67/h5-9,11,14,17,19,26-27,29,31,33,36,54-56,69H,2-4,10,12-13,15-16,18,20-25,28H2,1H3,(H,57,58,61)(H,60,66,67)/t29-,31?,36?,51-/m1/s1. The van der Waals surface area contributed by atoms with Gasteiger partial charge in [0.15, 0.2) is 17.0 Å². The molecule has 2 saturated heterocycles. The van der Waals surface area contributed by atoms with Crippen molar-refractivity contribution in [2.75, 3.05) is 43.4 Å². The Balaban J connectivity index is 0.658. The quantitative estimate of drug-likeness (QED) is 0.0443. The van der Waals surface area contributed by atoms with Crippen LogP contribution < -0.4 is 26.8 Å². The smallest absolute Gasteiger partial charge is 0.278 e. The second-order valence-electron chi connectivity index (χ2n) is 19.4. The van der Waals surface area contributed by atoms with Crippen molar-refractivity contribution < 1.29 is 28.0 Å². The van der Waals surface area contributed by atoms with Crippen molar-refractivity contribution in [2.24, 2.45) is 5.92 Å². The molecule has 2 aromatic carbocycles. The van der Waals surface area contributed by atoms with E-state index in [9.17, 15) is 28.3 Å². The molecule has 19 heteroatoms. The van der Waals surface area contributed by atoms with Gasteiger partial charge in [-0.25, -0.2) is 19.3 Å². The molecule has 2 aliphatic carbocycles. The number of fused-ring (bicyclic) bond motifs is 5. The van der Waals surface area contributed by atoms with Crippen LogP contribution in [0.5, 0.6) is 0 Å². The molecule has 0 bridgehead atoms. The molecular formula is C51H56F2N12O5. The van der Waals surface area contributed by atoms with E-state index >= 15 is 0 Å². The average Bonchev–Trinajstić information content (AvgIpc) is 4.22. The molecule has 4 aliphatic rings. The van der Waals surface area contributed by atoms with Gasteiger partial charge in [-0.15, -0.1) is 0 Å². The van der Waals surface area contributed by atoms with Crippen LogP contribution in [0.4, 0.5) is 26.1 Å². The van der Waals surface area contributed by atoms with Crippen LogP contribution in [0.15, 0.2) is 82.4 Å². The maximum atomic E-state index is 13.5. The van der Waals surface area contributed by atoms with E-state index in [-0.39, 0.29) is 41.0 Å². The molecule has 6 N–H and O–H groups in total. The molecule has 70 heavy (non-hydrogen) atoms. The second-order valence-corrected chi connectivity index (χ2v) is 19.4. The number of hydrogen-bond donors (Lipinski definition) is 6. The van der Waals surface area contributed by atoms with Crippen LogP contribution in [0, 0.1) is 5.92 Å². The molecular weight excluding hydrogens is 899 g/mol. The Morgan fingerprint density at radius 3 is 2.60 bits per heavy atom. The number of aromatic amines is 1. The van der Waals surface area contributed by atoms with Crippen molar-refractivity contribution in [3.8, 4) is 5.82 Å². The number of aromatic nitrogens is 7. The van der Waals surface area contributed by atoms with Crippen LogP contribution in [0.1, 0.15) is 99.1 Å². The molecule has 2 amide bonds. The number of imide groups is 1. The van der Waals surface area contributed by atoms with Crippen molar-refractivity contribution in [2.45, 2.75) is 101 Å². The second kappa shape index (κ2) is 18.8. The molecule has 1 saturated carbocycles. The Labute approximate surface area is 401 Å². The van der Waals surface area contributed by atoms with E-state index in [1.165, 1.54) is 22.9 Å². The minimum Gasteiger partial charge on any atom is -0.384 e. The molecule has 4 atom stereocenters. The predicted octanol–water partition coefficient (Wildman–Crippen LogP) is 7.24. The summed E-state index contributed by atoms with van der Waals surface area (Å²) in [6.07, 6.45) is 10.1. The molecule has 11 rings (SSSR count). The highest BCUT2D eigenvalue weighted by Crippen LogP contribution is 2.45. The van der Waals surface area contributed by atoms with Crippen molar-refractivity contribution in [3.05, 3.63) is 106 Å². The number of H-pyrrole nitrogens is 1. The first-order valence-corrected chi connectivity index (χ1v) is 24.5. The van der Waals surface area contributed by atoms with Crippen molar-refractivity contribution in [1.82, 2.24) is 50.0 Å². The fourth-order valence-corrected chi connectivity index (χ4v) is 11.4. The highest BCUT2D eigenvalue weighted by molar-refractivity contribution is 6.10. The van der Waals surface area contributed by atoms with Gasteiger partial charge in [-0.05, 0) is 136 Å². The number of likely N-dealkylation sites (tertiary alicyclic amines) is 1. The summed E-state index contributed by atoms with van der Waals surface area (Å²) in [7, 11) is 0. The molecule has 17 nitrogen and oxygen atoms in total. The number of amides is 2. The summed E-state index contributed by atoms with van der Waals surface area (Å²) in [5.41, 5.74) is 5.28. The number of aliphatic hydroxyl groups is 1. The van der Waals surface area contributed by atoms with Crippen LogP contribution in [0.25, 0.3) is 38.7 Å². The molecule has 2 unspecified atom stereocenters. The highest BCUT2D eigenvalue weighted by Gasteiger charge is 2.38. The largest absolute Gasteiger partial charge is 0.384 e. The SMILES string of the molecule is CC[C@@]1(O)CCc2ccc(-n3c4nc(Nc5ccc(NCCNC6CCN(C[C@@H]7CCC(c8cc9onc(C%10CCC(=O)NC%10=O)c9c9cc[nH]c89)C7)CC6)cc5)ncc4c(=O)n3CC=C(F)F)nc21. The summed E-state index contributed by atoms with van der Waals surface area (Å²) in [6, 6.07) is 15.9. The van der Waals surface area contributed by atoms with Crippen LogP contribution >= 0.6 is 0 Å². The Kier molecular flexibility index (Phi) is 12.3. The predicted molar refractivity (Wildman–Crippen MR) is 260 cm³/mol. The number of aryl methyl sites for hydroxylation is 1. The van der Waals surface area contributed by atoms with Gasteiger partial charge < -0.3 is 35.5 Å². The van der Waals surface area contributed by atoms with Gasteiger partial charge in [0.2, 0.25) is 17.8 Å². The normalized spacial score (nSPS) is 22.0. The maximum Gasteiger partial charge on any atom is 0.278 e. The zero-order valence-electron chi connectivity index (χ0n) is 38.9. The van der Waals surface area contributed by atoms with Gasteiger partial charge in [-0.3, -0.25) is 19.7 Å². The number of allylic oxidation sites excluding steroid dienone is 1. The Hall–Kier alpha value is -6.83. The lowest BCUT2D eigenvalue weighted by Gasteiger charge is -2.34. The van der Waals surface area contributed by atoms with Crippen LogP contribution in [0.3, 0.4) is 0 Å². The highest BCUT2D eigenvalue weighted by atomic mass is 19.3. The van der Waals surface area contributed by atoms with E-state index in [0.717, 1.165) is 96.3 Å². The number of piperidine rings is 2. The Morgan fingerprint density at radius 1 is 0.971 bits per heavy atom. The van der Waals surface area contributed by atoms with Crippen LogP contribution in [0.2, 0.25) is 0 Å². The minimum absolute atomic E-state index is 0.146. The number of rotatable bonds is 15. The van der Waals surface area contributed by atoms with E-state index in [2.05, 4.69) is 52.3 Å². The number of benzene rings is 2. The topological polar surface area (TPSA) is 213 Å². The van der Waals surface area contributed by atoms with Crippen LogP contribution in [-0.4, -0.2) is 95.0 Å². The van der Waals surface area contributed by atoms with Gasteiger partial charge in [0.05, 0.1) is 23.5 Å². The number of pyridine rings is 1. The fourth-order valence-electron chi connectivity index (χ4n) is 11.4. The van der Waals surface area contributed by atoms with Gasteiger partial charge in [-0.2, -0.15) is 13.8 Å². The lowest BCUT2D eigenvalue weighted by Crippen LogP contribution is -2.44. The first-order valence-electron chi connectivity index (χ1n) is 24.5. The lowest BCUT2D eigenvalue weighted by molar-refractivity contribution is -0.134. The van der Waals surface area contributed by atoms with E-state index in [1.807, 2.05) is 49.5 Å². The van der Waals surface area contributed by atoms with Crippen molar-refractivity contribution >= 4 is 62.0 Å². The summed E-state index contributed by atoms with van der Waals surface area (Å²) < 4.78 is 35.0. The van der Waals surface area contributed by atoms with Gasteiger partial charge in [0.1, 0.15) is 16.7 Å². The van der Waals surface area contributed by atoms with Crippen molar-refractivity contribution in [1.29, 1.82) is 0 Å². The third kappa shape index (κ3) is 8.74. The van der Waals surface area contributed by atoms with Gasteiger partial charge in [0.25, 0.3) is 11.6 Å². The minimum atomic E-state index is -1.91. The summed E-state index contributed by atoms with van der Waals surface area (Å²) in [5, 5.41) is 30.6. The molecule has 0 spiro atoms. The Bertz CT molecular complexity index is 3200. The number of carbonyl (C=O) groups excluding carboxylic acids is 2. The van der Waals surface area contributed by atoms with Gasteiger partial charge in [0, 0.05) is 72.8 Å². The summed E-state index contributed by atoms with van der Waals surface area (Å²) in [6.45, 7) is 6.30. The zero-order valence-corrected chi connectivity index (χ0v) is 38.9. The maximum absolute atomic E-state index is 13.5. The number of carbonyl (C=O) groups is 2. The number of hydrogen-bond acceptors (Lipinski definition) is 13. The first kappa shape index (κ1) is 45.6. The van der Waals surface area contributed by atoms with Gasteiger partial charge in [-0.1, -0.05) is 18.1 Å². The van der Waals surface area contributed by atoms with E-state index in [1.54, 1.807) is 6.07 Å². The molecule has 2 aliphatic heterocycles. The average molecular weight is 955 g/mol. The first-order chi connectivity index (χ1) is 34.0. The number of nitrogens with zero attached hydrogens (tertiary/aromatic N) is 7. The van der Waals surface area contributed by atoms with E-state index < -0.39 is 29.7 Å². The number of anilines is 3. The Morgan fingerprint density at radius 2 is 1.80 bits per heavy atom. The molecule has 364 valence electrons. The zero-order chi connectivity index (χ0) is 48.1. The monoisotopic (exact) mass is 954 g/mol.